The van der Waals surface area contributed by atoms with Gasteiger partial charge >= 0.3 is 11.9 Å². The summed E-state index contributed by atoms with van der Waals surface area (Å²) < 4.78 is 10.9. The fourth-order valence-corrected chi connectivity index (χ4v) is 5.34. The van der Waals surface area contributed by atoms with Gasteiger partial charge in [0.1, 0.15) is 12.7 Å². The van der Waals surface area contributed by atoms with Gasteiger partial charge in [-0.25, -0.2) is 0 Å². The minimum atomic E-state index is -0.374. The van der Waals surface area contributed by atoms with Crippen molar-refractivity contribution in [3.8, 4) is 0 Å². The van der Waals surface area contributed by atoms with Crippen molar-refractivity contribution >= 4 is 11.9 Å². The standard InChI is InChI=1S/C16H20O4/c1-15-4-3-5-16(2)13(15)11(20-14(16)18)6-9-8-19-12(17)7-10(9)15/h6,10-11,13H,3-5,7-8H2,1-2H3. The van der Waals surface area contributed by atoms with Crippen LogP contribution in [0.15, 0.2) is 11.6 Å². The predicted molar refractivity (Wildman–Crippen MR) is 70.6 cm³/mol. The van der Waals surface area contributed by atoms with Gasteiger partial charge in [-0.2, -0.15) is 0 Å². The largest absolute Gasteiger partial charge is 0.461 e. The van der Waals surface area contributed by atoms with Crippen LogP contribution in [0.25, 0.3) is 0 Å². The SMILES string of the molecule is CC12CCCC3(C)C4CC(=O)OCC4=CC(OC1=O)C23. The molecule has 20 heavy (non-hydrogen) atoms. The van der Waals surface area contributed by atoms with Gasteiger partial charge in [0.05, 0.1) is 11.8 Å². The summed E-state index contributed by atoms with van der Waals surface area (Å²) in [6, 6.07) is 0. The van der Waals surface area contributed by atoms with Crippen LogP contribution in [0.2, 0.25) is 0 Å². The van der Waals surface area contributed by atoms with E-state index in [1.54, 1.807) is 0 Å². The fraction of sp³-hybridized carbons (Fsp3) is 0.750. The van der Waals surface area contributed by atoms with E-state index < -0.39 is 0 Å². The molecule has 0 bridgehead atoms. The van der Waals surface area contributed by atoms with Crippen LogP contribution >= 0.6 is 0 Å². The summed E-state index contributed by atoms with van der Waals surface area (Å²) in [7, 11) is 0. The molecule has 0 aromatic carbocycles. The number of carbonyl (C=O) groups excluding carboxylic acids is 2. The minimum Gasteiger partial charge on any atom is -0.461 e. The topological polar surface area (TPSA) is 52.6 Å². The Morgan fingerprint density at radius 2 is 2.05 bits per heavy atom. The van der Waals surface area contributed by atoms with Crippen molar-refractivity contribution in [1.29, 1.82) is 0 Å². The molecule has 0 amide bonds. The average molecular weight is 276 g/mol. The molecule has 2 aliphatic heterocycles. The van der Waals surface area contributed by atoms with Crippen LogP contribution in [-0.4, -0.2) is 24.6 Å². The molecule has 0 aromatic heterocycles. The Bertz CT molecular complexity index is 537. The van der Waals surface area contributed by atoms with Crippen LogP contribution in [0, 0.1) is 22.7 Å². The lowest BCUT2D eigenvalue weighted by molar-refractivity contribution is -0.152. The Labute approximate surface area is 118 Å². The van der Waals surface area contributed by atoms with Crippen molar-refractivity contribution in [2.45, 2.75) is 45.6 Å². The van der Waals surface area contributed by atoms with Gasteiger partial charge in [-0.1, -0.05) is 13.3 Å². The third-order valence-electron chi connectivity index (χ3n) is 6.24. The lowest BCUT2D eigenvalue weighted by Gasteiger charge is -2.54. The van der Waals surface area contributed by atoms with E-state index >= 15 is 0 Å². The second kappa shape index (κ2) is 3.66. The molecule has 3 fully saturated rings. The number of hydrogen-bond donors (Lipinski definition) is 0. The van der Waals surface area contributed by atoms with Crippen LogP contribution in [0.5, 0.6) is 0 Å². The number of esters is 2. The molecule has 1 saturated carbocycles. The zero-order chi connectivity index (χ0) is 14.1. The molecule has 5 atom stereocenters. The molecule has 5 unspecified atom stereocenters. The third kappa shape index (κ3) is 1.32. The van der Waals surface area contributed by atoms with E-state index in [1.165, 1.54) is 0 Å². The maximum atomic E-state index is 12.3. The third-order valence-corrected chi connectivity index (χ3v) is 6.24. The molecule has 4 nitrogen and oxygen atoms in total. The summed E-state index contributed by atoms with van der Waals surface area (Å²) in [6.07, 6.45) is 5.40. The van der Waals surface area contributed by atoms with Gasteiger partial charge < -0.3 is 9.47 Å². The molecule has 4 aliphatic rings. The second-order valence-electron chi connectivity index (χ2n) is 7.28. The molecule has 4 rings (SSSR count). The Balaban J connectivity index is 1.85. The van der Waals surface area contributed by atoms with Crippen molar-refractivity contribution in [2.24, 2.45) is 22.7 Å². The van der Waals surface area contributed by atoms with E-state index in [0.29, 0.717) is 13.0 Å². The van der Waals surface area contributed by atoms with Crippen molar-refractivity contribution in [1.82, 2.24) is 0 Å². The van der Waals surface area contributed by atoms with Crippen LogP contribution in [0.1, 0.15) is 39.5 Å². The van der Waals surface area contributed by atoms with Gasteiger partial charge in [-0.15, -0.1) is 0 Å². The fourth-order valence-electron chi connectivity index (χ4n) is 5.34. The number of ether oxygens (including phenoxy) is 2. The van der Waals surface area contributed by atoms with E-state index in [0.717, 1.165) is 24.8 Å². The van der Waals surface area contributed by atoms with Gasteiger partial charge in [-0.05, 0) is 42.7 Å². The van der Waals surface area contributed by atoms with Gasteiger partial charge in [0.2, 0.25) is 0 Å². The first-order chi connectivity index (χ1) is 9.45. The Morgan fingerprint density at radius 3 is 2.85 bits per heavy atom. The molecule has 0 spiro atoms. The first-order valence-corrected chi connectivity index (χ1v) is 7.52. The van der Waals surface area contributed by atoms with Crippen molar-refractivity contribution in [2.75, 3.05) is 6.61 Å². The first-order valence-electron chi connectivity index (χ1n) is 7.52. The monoisotopic (exact) mass is 276 g/mol. The summed E-state index contributed by atoms with van der Waals surface area (Å²) in [6.45, 7) is 4.67. The summed E-state index contributed by atoms with van der Waals surface area (Å²) in [5.74, 6) is 0.264. The van der Waals surface area contributed by atoms with Gasteiger partial charge in [0.25, 0.3) is 0 Å². The molecular weight excluding hydrogens is 256 g/mol. The molecule has 0 aromatic rings. The number of fused-ring (bicyclic) bond motifs is 2. The maximum Gasteiger partial charge on any atom is 0.312 e. The lowest BCUT2D eigenvalue weighted by atomic mass is 9.48. The zero-order valence-corrected chi connectivity index (χ0v) is 12.0. The highest BCUT2D eigenvalue weighted by Gasteiger charge is 2.66. The van der Waals surface area contributed by atoms with Crippen molar-refractivity contribution in [3.05, 3.63) is 11.6 Å². The van der Waals surface area contributed by atoms with E-state index in [1.807, 2.05) is 0 Å². The highest BCUT2D eigenvalue weighted by molar-refractivity contribution is 5.81. The number of carbonyl (C=O) groups is 2. The van der Waals surface area contributed by atoms with E-state index in [4.69, 9.17) is 9.47 Å². The quantitative estimate of drug-likeness (QED) is 0.503. The molecule has 2 aliphatic carbocycles. The Morgan fingerprint density at radius 1 is 1.25 bits per heavy atom. The number of cyclic esters (lactones) is 1. The Kier molecular flexibility index (Phi) is 2.27. The van der Waals surface area contributed by atoms with Gasteiger partial charge in [0, 0.05) is 5.92 Å². The molecule has 0 N–H and O–H groups in total. The maximum absolute atomic E-state index is 12.3. The van der Waals surface area contributed by atoms with Gasteiger partial charge in [-0.3, -0.25) is 9.59 Å². The van der Waals surface area contributed by atoms with Crippen molar-refractivity contribution in [3.63, 3.8) is 0 Å². The van der Waals surface area contributed by atoms with E-state index in [2.05, 4.69) is 19.9 Å². The Hall–Kier alpha value is -1.32. The van der Waals surface area contributed by atoms with Gasteiger partial charge in [0.15, 0.2) is 0 Å². The van der Waals surface area contributed by atoms with E-state index in [9.17, 15) is 9.59 Å². The second-order valence-corrected chi connectivity index (χ2v) is 7.28. The summed E-state index contributed by atoms with van der Waals surface area (Å²) in [4.78, 5) is 24.0. The lowest BCUT2D eigenvalue weighted by Crippen LogP contribution is -2.54. The highest BCUT2D eigenvalue weighted by atomic mass is 16.6. The highest BCUT2D eigenvalue weighted by Crippen LogP contribution is 2.64. The summed E-state index contributed by atoms with van der Waals surface area (Å²) in [5.41, 5.74) is 0.765. The first kappa shape index (κ1) is 12.4. The molecule has 2 heterocycles. The molecular formula is C16H20O4. The zero-order valence-electron chi connectivity index (χ0n) is 12.0. The van der Waals surface area contributed by atoms with Crippen LogP contribution in [0.4, 0.5) is 0 Å². The predicted octanol–water partition coefficient (Wildman–Crippen LogP) is 2.23. The molecule has 4 heteroatoms. The molecule has 0 radical (unpaired) electrons. The molecule has 108 valence electrons. The normalized spacial score (nSPS) is 49.7. The summed E-state index contributed by atoms with van der Waals surface area (Å²) in [5, 5.41) is 0. The van der Waals surface area contributed by atoms with E-state index in [-0.39, 0.29) is 40.7 Å². The number of rotatable bonds is 0. The average Bonchev–Trinajstić information content (AvgIpc) is 2.64. The number of hydrogen-bond acceptors (Lipinski definition) is 4. The smallest absolute Gasteiger partial charge is 0.312 e. The van der Waals surface area contributed by atoms with Crippen molar-refractivity contribution < 1.29 is 19.1 Å². The van der Waals surface area contributed by atoms with Crippen LogP contribution < -0.4 is 0 Å². The molecule has 2 saturated heterocycles. The minimum absolute atomic E-state index is 0.0205. The summed E-state index contributed by atoms with van der Waals surface area (Å²) >= 11 is 0. The van der Waals surface area contributed by atoms with Crippen LogP contribution in [-0.2, 0) is 19.1 Å². The van der Waals surface area contributed by atoms with Crippen LogP contribution in [0.3, 0.4) is 0 Å².